The molecule has 0 spiro atoms. The summed E-state index contributed by atoms with van der Waals surface area (Å²) < 4.78 is 50.9. The lowest BCUT2D eigenvalue weighted by molar-refractivity contribution is -0.151. The van der Waals surface area contributed by atoms with Gasteiger partial charge >= 0.3 is 27.3 Å². The van der Waals surface area contributed by atoms with Gasteiger partial charge in [0.05, 0.1) is 25.5 Å². The summed E-state index contributed by atoms with van der Waals surface area (Å²) >= 11 is 1.81. The molecule has 5 atom stereocenters. The fourth-order valence-electron chi connectivity index (χ4n) is 7.99. The summed E-state index contributed by atoms with van der Waals surface area (Å²) in [5.74, 6) is -0.764. The van der Waals surface area contributed by atoms with Gasteiger partial charge in [0.25, 0.3) is 0 Å². The van der Waals surface area contributed by atoms with Crippen LogP contribution < -0.4 is 15.9 Å². The first-order chi connectivity index (χ1) is 30.7. The quantitative estimate of drug-likeness (QED) is 0.0272. The van der Waals surface area contributed by atoms with Crippen molar-refractivity contribution in [2.45, 2.75) is 244 Å². The average Bonchev–Trinajstić information content (AvgIpc) is 3.70. The molecule has 1 aromatic rings. The normalized spacial score (nSPS) is 17.3. The van der Waals surface area contributed by atoms with E-state index in [4.69, 9.17) is 34.3 Å². The minimum Gasteiger partial charge on any atom is -0.459 e. The van der Waals surface area contributed by atoms with E-state index in [2.05, 4.69) is 30.1 Å². The van der Waals surface area contributed by atoms with Crippen LogP contribution in [0.4, 0.5) is 5.82 Å². The summed E-state index contributed by atoms with van der Waals surface area (Å²) in [5, 5.41) is 0.419. The molecule has 374 valence electrons. The largest absolute Gasteiger partial charge is 0.536 e. The second-order valence-electron chi connectivity index (χ2n) is 17.8. The van der Waals surface area contributed by atoms with Crippen molar-refractivity contribution >= 4 is 39.2 Å². The van der Waals surface area contributed by atoms with Gasteiger partial charge < -0.3 is 34.3 Å². The summed E-state index contributed by atoms with van der Waals surface area (Å²) in [5.41, 5.74) is 4.86. The molecule has 1 aromatic heterocycles. The number of phosphoric ester groups is 1. The lowest BCUT2D eigenvalue weighted by Crippen LogP contribution is -2.30. The van der Waals surface area contributed by atoms with Crippen molar-refractivity contribution in [1.82, 2.24) is 9.55 Å². The van der Waals surface area contributed by atoms with Crippen LogP contribution in [0.5, 0.6) is 5.75 Å². The van der Waals surface area contributed by atoms with Crippen molar-refractivity contribution < 1.29 is 51.6 Å². The van der Waals surface area contributed by atoms with Gasteiger partial charge in [0, 0.05) is 17.4 Å². The van der Waals surface area contributed by atoms with Crippen molar-refractivity contribution in [1.29, 1.82) is 0 Å². The maximum absolute atomic E-state index is 13.0. The zero-order valence-electron chi connectivity index (χ0n) is 39.7. The minimum atomic E-state index is -5.39. The van der Waals surface area contributed by atoms with E-state index in [9.17, 15) is 23.6 Å². The molecular formula is C46H87N3O12P2S. The van der Waals surface area contributed by atoms with Crippen molar-refractivity contribution in [3.63, 3.8) is 0 Å². The minimum absolute atomic E-state index is 0.172. The van der Waals surface area contributed by atoms with Crippen LogP contribution in [0.15, 0.2) is 11.0 Å². The molecule has 0 aliphatic carbocycles. The van der Waals surface area contributed by atoms with E-state index in [0.29, 0.717) is 30.3 Å². The molecular weight excluding hydrogens is 881 g/mol. The van der Waals surface area contributed by atoms with Gasteiger partial charge in [-0.05, 0) is 25.7 Å². The van der Waals surface area contributed by atoms with E-state index in [1.54, 1.807) is 11.8 Å². The monoisotopic (exact) mass is 968 g/mol. The Morgan fingerprint density at radius 2 is 1.28 bits per heavy atom. The van der Waals surface area contributed by atoms with E-state index in [1.807, 2.05) is 0 Å². The van der Waals surface area contributed by atoms with Gasteiger partial charge in [-0.15, -0.1) is 0 Å². The molecule has 1 fully saturated rings. The fourth-order valence-corrected chi connectivity index (χ4v) is 10.6. The number of carbonyl (C=O) groups excluding carboxylic acids is 1. The number of nitrogens with zero attached hydrogens (tertiary/aromatic N) is 2. The van der Waals surface area contributed by atoms with Gasteiger partial charge in [-0.3, -0.25) is 14.3 Å². The number of phosphoric acid groups is 2. The first-order valence-corrected chi connectivity index (χ1v) is 29.0. The molecule has 15 nitrogen and oxygen atoms in total. The van der Waals surface area contributed by atoms with Gasteiger partial charge in [0.15, 0.2) is 11.6 Å². The predicted molar refractivity (Wildman–Crippen MR) is 257 cm³/mol. The fraction of sp³-hybridized carbons (Fsp3) is 0.891. The molecule has 3 unspecified atom stereocenters. The van der Waals surface area contributed by atoms with Gasteiger partial charge in [0.1, 0.15) is 12.3 Å². The number of thioether (sulfide) groups is 1. The number of nitrogens with two attached hydrogens (primary N) is 1. The number of rotatable bonds is 42. The summed E-state index contributed by atoms with van der Waals surface area (Å²) in [7, 11) is -10.7. The lowest BCUT2D eigenvalue weighted by atomic mass is 10.0. The predicted octanol–water partition coefficient (Wildman–Crippen LogP) is 12.5. The Morgan fingerprint density at radius 1 is 0.797 bits per heavy atom. The summed E-state index contributed by atoms with van der Waals surface area (Å²) in [4.78, 5) is 56.9. The van der Waals surface area contributed by atoms with E-state index in [-0.39, 0.29) is 19.2 Å². The molecule has 18 heteroatoms. The number of anilines is 1. The van der Waals surface area contributed by atoms with E-state index in [1.165, 1.54) is 154 Å². The third-order valence-corrected chi connectivity index (χ3v) is 15.2. The SMILES string of the molecule is CCCCCCCCCCCCCCCCC(C)SCC(COC[C@@H]1CC[C@H](n2cc(OP(=O)(O)OP(=O)(O)O)c(N)nc2=O)O1)OC(=O)CCCCCCCCCCCCCCC. The lowest BCUT2D eigenvalue weighted by Gasteiger charge is -2.21. The summed E-state index contributed by atoms with van der Waals surface area (Å²) in [6, 6.07) is 0. The zero-order chi connectivity index (χ0) is 46.9. The number of hydrogen-bond donors (Lipinski definition) is 4. The van der Waals surface area contributed by atoms with E-state index in [0.717, 1.165) is 36.4 Å². The third kappa shape index (κ3) is 30.0. The first kappa shape index (κ1) is 58.6. The van der Waals surface area contributed by atoms with E-state index < -0.39 is 51.3 Å². The number of unbranched alkanes of at least 4 members (excludes halogenated alkanes) is 25. The molecule has 1 aliphatic rings. The summed E-state index contributed by atoms with van der Waals surface area (Å²) in [6.45, 7) is 7.12. The number of hydrogen-bond acceptors (Lipinski definition) is 12. The molecule has 2 rings (SSSR count). The second kappa shape index (κ2) is 35.6. The zero-order valence-corrected chi connectivity index (χ0v) is 42.3. The maximum Gasteiger partial charge on any atom is 0.536 e. The van der Waals surface area contributed by atoms with E-state index >= 15 is 0 Å². The topological polar surface area (TPSA) is 219 Å². The number of ether oxygens (including phenoxy) is 3. The van der Waals surface area contributed by atoms with Crippen LogP contribution in [0.1, 0.15) is 226 Å². The first-order valence-electron chi connectivity index (χ1n) is 24.9. The van der Waals surface area contributed by atoms with Crippen LogP contribution in [0.3, 0.4) is 0 Å². The second-order valence-corrected chi connectivity index (χ2v) is 22.0. The molecule has 1 aliphatic heterocycles. The highest BCUT2D eigenvalue weighted by Gasteiger charge is 2.36. The van der Waals surface area contributed by atoms with Crippen LogP contribution in [0, 0.1) is 0 Å². The summed E-state index contributed by atoms with van der Waals surface area (Å²) in [6.07, 6.45) is 36.4. The standard InChI is InChI=1S/C46H87N3O12P2S/c1-4-6-8-10-12-14-16-18-20-21-23-25-27-29-31-39(3)64-38-41(59-44(50)32-30-28-26-24-22-19-17-15-13-11-9-7-5-2)37-57-36-40-33-34-43(58-40)49-35-42(45(47)48-46(49)51)60-63(55,56)61-62(52,53)54/h35,39-41,43H,4-34,36-38H2,1-3H3,(H,55,56)(H2,47,48,51)(H2,52,53,54)/t39?,40-,41?,43+/m0/s1. The van der Waals surface area contributed by atoms with Crippen LogP contribution in [-0.4, -0.2) is 66.6 Å². The smallest absolute Gasteiger partial charge is 0.459 e. The Kier molecular flexibility index (Phi) is 32.7. The highest BCUT2D eigenvalue weighted by atomic mass is 32.2. The number of aromatic nitrogens is 2. The molecule has 0 saturated carbocycles. The van der Waals surface area contributed by atoms with Gasteiger partial charge in [-0.2, -0.15) is 21.1 Å². The van der Waals surface area contributed by atoms with Crippen molar-refractivity contribution in [3.05, 3.63) is 16.7 Å². The van der Waals surface area contributed by atoms with Gasteiger partial charge in [0.2, 0.25) is 0 Å². The van der Waals surface area contributed by atoms with Gasteiger partial charge in [-0.1, -0.05) is 188 Å². The van der Waals surface area contributed by atoms with Crippen LogP contribution >= 0.6 is 27.4 Å². The molecule has 1 saturated heterocycles. The molecule has 0 aromatic carbocycles. The average molecular weight is 968 g/mol. The van der Waals surface area contributed by atoms with Crippen molar-refractivity contribution in [3.8, 4) is 5.75 Å². The van der Waals surface area contributed by atoms with Crippen molar-refractivity contribution in [2.24, 2.45) is 0 Å². The number of esters is 1. The molecule has 64 heavy (non-hydrogen) atoms. The van der Waals surface area contributed by atoms with Gasteiger partial charge in [-0.25, -0.2) is 13.9 Å². The van der Waals surface area contributed by atoms with Crippen LogP contribution in [0.2, 0.25) is 0 Å². The highest BCUT2D eigenvalue weighted by molar-refractivity contribution is 7.99. The molecule has 5 N–H and O–H groups in total. The molecule has 0 bridgehead atoms. The third-order valence-electron chi connectivity index (χ3n) is 11.7. The Balaban J connectivity index is 1.79. The van der Waals surface area contributed by atoms with Crippen molar-refractivity contribution in [2.75, 3.05) is 24.7 Å². The Morgan fingerprint density at radius 3 is 1.78 bits per heavy atom. The number of carbonyl (C=O) groups is 1. The maximum atomic E-state index is 13.0. The highest BCUT2D eigenvalue weighted by Crippen LogP contribution is 2.57. The van der Waals surface area contributed by atoms with Crippen LogP contribution in [0.25, 0.3) is 0 Å². The Bertz CT molecular complexity index is 1520. The molecule has 2 heterocycles. The number of nitrogen functional groups attached to an aromatic ring is 1. The van der Waals surface area contributed by atoms with Crippen LogP contribution in [-0.2, 0) is 32.4 Å². The Hall–Kier alpha value is -1.48. The molecule has 0 radical (unpaired) electrons. The Labute approximate surface area is 389 Å². The molecule has 0 amide bonds.